The summed E-state index contributed by atoms with van der Waals surface area (Å²) in [5.74, 6) is -0.320. The summed E-state index contributed by atoms with van der Waals surface area (Å²) in [7, 11) is 0. The fraction of sp³-hybridized carbons (Fsp3) is 0. The molecule has 7 heteroatoms. The molecule has 0 aliphatic heterocycles. The Morgan fingerprint density at radius 1 is 0.962 bits per heavy atom. The SMILES string of the molecule is O=C(Nc1ccccc1)c1c(Nc2ccccc2)sc2c(=O)[nH]cnc12. The molecule has 0 bridgehead atoms. The third-order valence-electron chi connectivity index (χ3n) is 3.77. The lowest BCUT2D eigenvalue weighted by Gasteiger charge is -2.08. The lowest BCUT2D eigenvalue weighted by molar-refractivity contribution is 0.102. The van der Waals surface area contributed by atoms with Gasteiger partial charge in [0, 0.05) is 11.4 Å². The molecule has 0 saturated heterocycles. The van der Waals surface area contributed by atoms with Crippen LogP contribution in [0.4, 0.5) is 16.4 Å². The maximum Gasteiger partial charge on any atom is 0.268 e. The number of carbonyl (C=O) groups excluding carboxylic acids is 1. The van der Waals surface area contributed by atoms with E-state index in [1.165, 1.54) is 17.7 Å². The molecule has 1 amide bonds. The van der Waals surface area contributed by atoms with Gasteiger partial charge in [-0.15, -0.1) is 11.3 Å². The summed E-state index contributed by atoms with van der Waals surface area (Å²) in [4.78, 5) is 31.8. The van der Waals surface area contributed by atoms with Gasteiger partial charge in [0.1, 0.15) is 20.8 Å². The Morgan fingerprint density at radius 3 is 2.31 bits per heavy atom. The summed E-state index contributed by atoms with van der Waals surface area (Å²) in [5.41, 5.74) is 1.96. The molecular formula is C19H14N4O2S. The number of para-hydroxylation sites is 2. The van der Waals surface area contributed by atoms with Crippen molar-refractivity contribution in [2.75, 3.05) is 10.6 Å². The summed E-state index contributed by atoms with van der Waals surface area (Å²) in [6.07, 6.45) is 1.31. The molecule has 6 nitrogen and oxygen atoms in total. The number of fused-ring (bicyclic) bond motifs is 1. The lowest BCUT2D eigenvalue weighted by atomic mass is 10.2. The van der Waals surface area contributed by atoms with Crippen molar-refractivity contribution in [1.29, 1.82) is 0 Å². The minimum absolute atomic E-state index is 0.269. The maximum atomic E-state index is 12.9. The number of anilines is 3. The molecule has 0 atom stereocenters. The van der Waals surface area contributed by atoms with Crippen LogP contribution in [0.2, 0.25) is 0 Å². The summed E-state index contributed by atoms with van der Waals surface area (Å²) >= 11 is 1.21. The number of thiophene rings is 1. The van der Waals surface area contributed by atoms with Crippen LogP contribution in [-0.2, 0) is 0 Å². The minimum Gasteiger partial charge on any atom is -0.346 e. The Kier molecular flexibility index (Phi) is 4.20. The van der Waals surface area contributed by atoms with Gasteiger partial charge in [0.15, 0.2) is 0 Å². The van der Waals surface area contributed by atoms with Crippen molar-refractivity contribution in [3.8, 4) is 0 Å². The molecule has 2 aromatic carbocycles. The first-order valence-corrected chi connectivity index (χ1v) is 8.72. The molecule has 0 aliphatic rings. The molecule has 0 aliphatic carbocycles. The highest BCUT2D eigenvalue weighted by Crippen LogP contribution is 2.35. The van der Waals surface area contributed by atoms with Crippen LogP contribution in [0.3, 0.4) is 0 Å². The monoisotopic (exact) mass is 362 g/mol. The van der Waals surface area contributed by atoms with E-state index in [2.05, 4.69) is 20.6 Å². The van der Waals surface area contributed by atoms with Gasteiger partial charge in [0.2, 0.25) is 0 Å². The largest absolute Gasteiger partial charge is 0.346 e. The van der Waals surface area contributed by atoms with Gasteiger partial charge >= 0.3 is 0 Å². The van der Waals surface area contributed by atoms with E-state index in [-0.39, 0.29) is 11.5 Å². The molecule has 4 aromatic rings. The number of rotatable bonds is 4. The summed E-state index contributed by atoms with van der Waals surface area (Å²) < 4.78 is 0.407. The van der Waals surface area contributed by atoms with E-state index in [0.29, 0.717) is 26.5 Å². The van der Waals surface area contributed by atoms with Crippen LogP contribution in [0.5, 0.6) is 0 Å². The third kappa shape index (κ3) is 3.07. The predicted molar refractivity (Wildman–Crippen MR) is 104 cm³/mol. The van der Waals surface area contributed by atoms with Gasteiger partial charge in [-0.3, -0.25) is 9.59 Å². The first-order chi connectivity index (χ1) is 12.7. The second kappa shape index (κ2) is 6.81. The van der Waals surface area contributed by atoms with E-state index >= 15 is 0 Å². The zero-order valence-electron chi connectivity index (χ0n) is 13.5. The Bertz CT molecular complexity index is 1120. The molecule has 4 rings (SSSR count). The van der Waals surface area contributed by atoms with Crippen LogP contribution >= 0.6 is 11.3 Å². The number of nitrogens with zero attached hydrogens (tertiary/aromatic N) is 1. The van der Waals surface area contributed by atoms with Crippen LogP contribution < -0.4 is 16.2 Å². The van der Waals surface area contributed by atoms with Crippen LogP contribution in [0.15, 0.2) is 71.8 Å². The Morgan fingerprint density at radius 2 is 1.62 bits per heavy atom. The Balaban J connectivity index is 1.80. The molecule has 0 radical (unpaired) electrons. The molecule has 0 unspecified atom stereocenters. The van der Waals surface area contributed by atoms with Gasteiger partial charge in [-0.2, -0.15) is 0 Å². The van der Waals surface area contributed by atoms with Crippen molar-refractivity contribution < 1.29 is 4.79 Å². The van der Waals surface area contributed by atoms with Crippen molar-refractivity contribution >= 4 is 43.8 Å². The highest BCUT2D eigenvalue weighted by atomic mass is 32.1. The van der Waals surface area contributed by atoms with Gasteiger partial charge in [-0.1, -0.05) is 36.4 Å². The van der Waals surface area contributed by atoms with Crippen molar-refractivity contribution in [1.82, 2.24) is 9.97 Å². The number of carbonyl (C=O) groups is 1. The van der Waals surface area contributed by atoms with E-state index in [9.17, 15) is 9.59 Å². The van der Waals surface area contributed by atoms with Crippen molar-refractivity contribution in [2.45, 2.75) is 0 Å². The molecule has 26 heavy (non-hydrogen) atoms. The molecule has 128 valence electrons. The van der Waals surface area contributed by atoms with E-state index in [0.717, 1.165) is 5.69 Å². The fourth-order valence-corrected chi connectivity index (χ4v) is 3.65. The Labute approximate surface area is 152 Å². The van der Waals surface area contributed by atoms with Gasteiger partial charge in [0.25, 0.3) is 11.5 Å². The molecule has 0 saturated carbocycles. The molecule has 3 N–H and O–H groups in total. The number of aromatic nitrogens is 2. The maximum absolute atomic E-state index is 12.9. The standard InChI is InChI=1S/C19H14N4O2S/c24-17(22-12-7-3-1-4-8-12)14-15-16(18(25)21-11-20-15)26-19(14)23-13-9-5-2-6-10-13/h1-11,23H,(H,22,24)(H,20,21,25). The number of aromatic amines is 1. The van der Waals surface area contributed by atoms with Crippen LogP contribution in [0.25, 0.3) is 10.2 Å². The van der Waals surface area contributed by atoms with E-state index < -0.39 is 0 Å². The second-order valence-electron chi connectivity index (χ2n) is 5.53. The molecule has 0 spiro atoms. The van der Waals surface area contributed by atoms with E-state index in [4.69, 9.17) is 0 Å². The van der Waals surface area contributed by atoms with Gasteiger partial charge in [-0.05, 0) is 24.3 Å². The summed E-state index contributed by atoms with van der Waals surface area (Å²) in [6, 6.07) is 18.6. The van der Waals surface area contributed by atoms with Crippen LogP contribution in [-0.4, -0.2) is 15.9 Å². The molecule has 2 heterocycles. The van der Waals surface area contributed by atoms with Crippen LogP contribution in [0.1, 0.15) is 10.4 Å². The summed E-state index contributed by atoms with van der Waals surface area (Å²) in [5, 5.41) is 6.65. The number of hydrogen-bond acceptors (Lipinski definition) is 5. The second-order valence-corrected chi connectivity index (χ2v) is 6.55. The zero-order valence-corrected chi connectivity index (χ0v) is 14.3. The molecule has 0 fully saturated rings. The number of H-pyrrole nitrogens is 1. The summed E-state index contributed by atoms with van der Waals surface area (Å²) in [6.45, 7) is 0. The number of hydrogen-bond donors (Lipinski definition) is 3. The fourth-order valence-electron chi connectivity index (χ4n) is 2.59. The highest BCUT2D eigenvalue weighted by molar-refractivity contribution is 7.23. The quantitative estimate of drug-likeness (QED) is 0.512. The first-order valence-electron chi connectivity index (χ1n) is 7.91. The van der Waals surface area contributed by atoms with Gasteiger partial charge < -0.3 is 15.6 Å². The Hall–Kier alpha value is -3.45. The topological polar surface area (TPSA) is 86.9 Å². The zero-order chi connectivity index (χ0) is 17.9. The minimum atomic E-state index is -0.320. The highest BCUT2D eigenvalue weighted by Gasteiger charge is 2.22. The van der Waals surface area contributed by atoms with E-state index in [1.807, 2.05) is 48.5 Å². The van der Waals surface area contributed by atoms with E-state index in [1.54, 1.807) is 12.1 Å². The number of benzene rings is 2. The average Bonchev–Trinajstić information content (AvgIpc) is 3.03. The molecular weight excluding hydrogens is 348 g/mol. The lowest BCUT2D eigenvalue weighted by Crippen LogP contribution is -2.14. The third-order valence-corrected chi connectivity index (χ3v) is 4.86. The van der Waals surface area contributed by atoms with Crippen molar-refractivity contribution in [3.05, 3.63) is 82.9 Å². The van der Waals surface area contributed by atoms with Gasteiger partial charge in [-0.25, -0.2) is 4.98 Å². The smallest absolute Gasteiger partial charge is 0.268 e. The molecule has 2 aromatic heterocycles. The normalized spacial score (nSPS) is 10.6. The van der Waals surface area contributed by atoms with Crippen LogP contribution in [0, 0.1) is 0 Å². The number of nitrogens with one attached hydrogen (secondary N) is 3. The average molecular weight is 362 g/mol. The number of amides is 1. The first kappa shape index (κ1) is 16.0. The van der Waals surface area contributed by atoms with Crippen molar-refractivity contribution in [3.63, 3.8) is 0 Å². The predicted octanol–water partition coefficient (Wildman–Crippen LogP) is 3.98. The van der Waals surface area contributed by atoms with Crippen molar-refractivity contribution in [2.24, 2.45) is 0 Å². The van der Waals surface area contributed by atoms with Gasteiger partial charge in [0.05, 0.1) is 6.33 Å².